The van der Waals surface area contributed by atoms with Gasteiger partial charge >= 0.3 is 0 Å². The molecule has 0 amide bonds. The lowest BCUT2D eigenvalue weighted by Gasteiger charge is -2.32. The summed E-state index contributed by atoms with van der Waals surface area (Å²) in [5.74, 6) is 0.664. The number of rotatable bonds is 2. The van der Waals surface area contributed by atoms with Crippen LogP contribution in [0.3, 0.4) is 0 Å². The molecule has 1 saturated heterocycles. The highest BCUT2D eigenvalue weighted by atomic mass is 35.5. The van der Waals surface area contributed by atoms with E-state index >= 15 is 0 Å². The van der Waals surface area contributed by atoms with Crippen LogP contribution in [0.2, 0.25) is 0 Å². The van der Waals surface area contributed by atoms with E-state index in [9.17, 15) is 0 Å². The molecule has 1 aliphatic rings. The fourth-order valence-corrected chi connectivity index (χ4v) is 2.96. The first-order valence-electron chi connectivity index (χ1n) is 5.36. The van der Waals surface area contributed by atoms with Crippen molar-refractivity contribution >= 4 is 28.1 Å². The third-order valence-electron chi connectivity index (χ3n) is 2.98. The van der Waals surface area contributed by atoms with Crippen LogP contribution < -0.4 is 4.90 Å². The van der Waals surface area contributed by atoms with Crippen molar-refractivity contribution in [2.24, 2.45) is 5.92 Å². The maximum absolute atomic E-state index is 6.11. The maximum Gasteiger partial charge on any atom is 0.208 e. The molecule has 1 atom stereocenters. The van der Waals surface area contributed by atoms with Gasteiger partial charge in [0.25, 0.3) is 0 Å². The predicted molar refractivity (Wildman–Crippen MR) is 64.9 cm³/mol. The Bertz CT molecular complexity index is 318. The highest BCUT2D eigenvalue weighted by molar-refractivity contribution is 7.15. The Labute approximate surface area is 99.5 Å². The standard InChI is InChI=1S/C10H16ClN3S/c1-7(11)9-3-5-14(6-4-9)10-13-12-8(2)15-10/h7,9H,3-6H2,1-2H3. The van der Waals surface area contributed by atoms with Gasteiger partial charge in [0.1, 0.15) is 5.01 Å². The first kappa shape index (κ1) is 11.1. The minimum atomic E-state index is 0.295. The number of piperidine rings is 1. The van der Waals surface area contributed by atoms with E-state index in [1.807, 2.05) is 6.92 Å². The lowest BCUT2D eigenvalue weighted by Crippen LogP contribution is -2.35. The number of anilines is 1. The van der Waals surface area contributed by atoms with E-state index in [2.05, 4.69) is 22.0 Å². The fraction of sp³-hybridized carbons (Fsp3) is 0.800. The average Bonchev–Trinajstić information content (AvgIpc) is 2.65. The number of aromatic nitrogens is 2. The van der Waals surface area contributed by atoms with Gasteiger partial charge in [0.2, 0.25) is 5.13 Å². The van der Waals surface area contributed by atoms with Crippen LogP contribution in [0, 0.1) is 12.8 Å². The molecule has 0 aliphatic carbocycles. The van der Waals surface area contributed by atoms with Crippen molar-refractivity contribution in [1.29, 1.82) is 0 Å². The summed E-state index contributed by atoms with van der Waals surface area (Å²) in [5, 5.41) is 10.6. The molecular weight excluding hydrogens is 230 g/mol. The fourth-order valence-electron chi connectivity index (χ4n) is 1.96. The minimum Gasteiger partial charge on any atom is -0.347 e. The second-order valence-corrected chi connectivity index (χ2v) is 5.95. The Kier molecular flexibility index (Phi) is 3.46. The molecule has 1 aromatic heterocycles. The number of hydrogen-bond donors (Lipinski definition) is 0. The van der Waals surface area contributed by atoms with Crippen LogP contribution in [0.4, 0.5) is 5.13 Å². The molecule has 15 heavy (non-hydrogen) atoms. The van der Waals surface area contributed by atoms with Gasteiger partial charge in [-0.05, 0) is 32.6 Å². The van der Waals surface area contributed by atoms with Gasteiger partial charge in [-0.1, -0.05) is 11.3 Å². The Morgan fingerprint density at radius 1 is 1.40 bits per heavy atom. The van der Waals surface area contributed by atoms with Crippen LogP contribution >= 0.6 is 22.9 Å². The summed E-state index contributed by atoms with van der Waals surface area (Å²) in [6, 6.07) is 0. The SMILES string of the molecule is Cc1nnc(N2CCC(C(C)Cl)CC2)s1. The first-order valence-corrected chi connectivity index (χ1v) is 6.61. The van der Waals surface area contributed by atoms with Crippen LogP contribution in [0.15, 0.2) is 0 Å². The van der Waals surface area contributed by atoms with E-state index in [0.717, 1.165) is 23.2 Å². The van der Waals surface area contributed by atoms with Gasteiger partial charge in [-0.3, -0.25) is 0 Å². The smallest absolute Gasteiger partial charge is 0.208 e. The molecule has 84 valence electrons. The molecule has 2 heterocycles. The van der Waals surface area contributed by atoms with E-state index < -0.39 is 0 Å². The van der Waals surface area contributed by atoms with Gasteiger partial charge < -0.3 is 4.90 Å². The van der Waals surface area contributed by atoms with E-state index in [-0.39, 0.29) is 0 Å². The lowest BCUT2D eigenvalue weighted by atomic mass is 9.94. The summed E-state index contributed by atoms with van der Waals surface area (Å²) in [7, 11) is 0. The van der Waals surface area contributed by atoms with Crippen molar-refractivity contribution in [3.8, 4) is 0 Å². The molecule has 1 aromatic rings. The molecular formula is C10H16ClN3S. The second kappa shape index (κ2) is 4.66. The Morgan fingerprint density at radius 2 is 2.07 bits per heavy atom. The van der Waals surface area contributed by atoms with Crippen LogP contribution in [0.25, 0.3) is 0 Å². The number of aryl methyl sites for hydroxylation is 1. The van der Waals surface area contributed by atoms with Crippen LogP contribution in [0.1, 0.15) is 24.8 Å². The van der Waals surface area contributed by atoms with Gasteiger partial charge in [0.15, 0.2) is 0 Å². The zero-order valence-corrected chi connectivity index (χ0v) is 10.7. The summed E-state index contributed by atoms with van der Waals surface area (Å²) in [4.78, 5) is 2.32. The monoisotopic (exact) mass is 245 g/mol. The molecule has 0 N–H and O–H groups in total. The Hall–Kier alpha value is -0.350. The summed E-state index contributed by atoms with van der Waals surface area (Å²) in [5.41, 5.74) is 0. The molecule has 0 saturated carbocycles. The van der Waals surface area contributed by atoms with E-state index in [1.165, 1.54) is 12.8 Å². The van der Waals surface area contributed by atoms with E-state index in [1.54, 1.807) is 11.3 Å². The van der Waals surface area contributed by atoms with Crippen molar-refractivity contribution in [3.05, 3.63) is 5.01 Å². The van der Waals surface area contributed by atoms with Gasteiger partial charge in [0.05, 0.1) is 0 Å². The maximum atomic E-state index is 6.11. The van der Waals surface area contributed by atoms with E-state index in [0.29, 0.717) is 11.3 Å². The molecule has 1 unspecified atom stereocenters. The third-order valence-corrected chi connectivity index (χ3v) is 4.23. The molecule has 0 bridgehead atoms. The molecule has 2 rings (SSSR count). The molecule has 5 heteroatoms. The topological polar surface area (TPSA) is 29.0 Å². The van der Waals surface area contributed by atoms with Crippen molar-refractivity contribution in [1.82, 2.24) is 10.2 Å². The highest BCUT2D eigenvalue weighted by Gasteiger charge is 2.24. The summed E-state index contributed by atoms with van der Waals surface area (Å²) < 4.78 is 0. The molecule has 3 nitrogen and oxygen atoms in total. The van der Waals surface area contributed by atoms with Crippen molar-refractivity contribution in [2.75, 3.05) is 18.0 Å². The van der Waals surface area contributed by atoms with Crippen molar-refractivity contribution < 1.29 is 0 Å². The van der Waals surface area contributed by atoms with E-state index in [4.69, 9.17) is 11.6 Å². The predicted octanol–water partition coefficient (Wildman–Crippen LogP) is 2.69. The lowest BCUT2D eigenvalue weighted by molar-refractivity contribution is 0.399. The van der Waals surface area contributed by atoms with Gasteiger partial charge in [-0.2, -0.15) is 0 Å². The number of nitrogens with zero attached hydrogens (tertiary/aromatic N) is 3. The zero-order valence-electron chi connectivity index (χ0n) is 9.11. The molecule has 0 aromatic carbocycles. The number of halogens is 1. The van der Waals surface area contributed by atoms with Gasteiger partial charge in [0, 0.05) is 18.5 Å². The molecule has 0 spiro atoms. The van der Waals surface area contributed by atoms with Crippen LogP contribution in [0.5, 0.6) is 0 Å². The van der Waals surface area contributed by atoms with Crippen molar-refractivity contribution in [2.45, 2.75) is 32.1 Å². The van der Waals surface area contributed by atoms with Gasteiger partial charge in [-0.25, -0.2) is 0 Å². The molecule has 1 aliphatic heterocycles. The molecule has 1 fully saturated rings. The summed E-state index contributed by atoms with van der Waals surface area (Å²) in [6.07, 6.45) is 2.34. The number of alkyl halides is 1. The quantitative estimate of drug-likeness (QED) is 0.751. The number of hydrogen-bond acceptors (Lipinski definition) is 4. The average molecular weight is 246 g/mol. The van der Waals surface area contributed by atoms with Crippen LogP contribution in [-0.4, -0.2) is 28.7 Å². The van der Waals surface area contributed by atoms with Gasteiger partial charge in [-0.15, -0.1) is 21.8 Å². The van der Waals surface area contributed by atoms with Crippen molar-refractivity contribution in [3.63, 3.8) is 0 Å². The molecule has 0 radical (unpaired) electrons. The largest absolute Gasteiger partial charge is 0.347 e. The summed E-state index contributed by atoms with van der Waals surface area (Å²) >= 11 is 7.79. The summed E-state index contributed by atoms with van der Waals surface area (Å²) in [6.45, 7) is 6.22. The zero-order chi connectivity index (χ0) is 10.8. The first-order chi connectivity index (χ1) is 7.16. The highest BCUT2D eigenvalue weighted by Crippen LogP contribution is 2.28. The Morgan fingerprint density at radius 3 is 2.53 bits per heavy atom. The third kappa shape index (κ3) is 2.61. The second-order valence-electron chi connectivity index (χ2n) is 4.11. The minimum absolute atomic E-state index is 0.295. The van der Waals surface area contributed by atoms with Crippen LogP contribution in [-0.2, 0) is 0 Å². The Balaban J connectivity index is 1.93. The normalized spacial score (nSPS) is 20.6.